The number of anilines is 1. The fourth-order valence-electron chi connectivity index (χ4n) is 1.68. The van der Waals surface area contributed by atoms with Crippen LogP contribution in [0.4, 0.5) is 5.82 Å². The molecule has 19 heavy (non-hydrogen) atoms. The lowest BCUT2D eigenvalue weighted by atomic mass is 10.2. The number of hydrogen-bond acceptors (Lipinski definition) is 5. The molecule has 102 valence electrons. The fraction of sp³-hybridized carbons (Fsp3) is 0.500. The zero-order chi connectivity index (χ0) is 13.8. The summed E-state index contributed by atoms with van der Waals surface area (Å²) in [5.41, 5.74) is -0.139. The molecule has 0 spiro atoms. The van der Waals surface area contributed by atoms with Crippen LogP contribution >= 0.6 is 0 Å². The van der Waals surface area contributed by atoms with Gasteiger partial charge in [0.25, 0.3) is 5.56 Å². The number of H-pyrrole nitrogens is 1. The van der Waals surface area contributed by atoms with Crippen molar-refractivity contribution in [2.75, 3.05) is 11.9 Å². The number of aryl methyl sites for hydroxylation is 1. The van der Waals surface area contributed by atoms with Gasteiger partial charge < -0.3 is 14.9 Å². The van der Waals surface area contributed by atoms with Gasteiger partial charge in [-0.05, 0) is 0 Å². The molecule has 0 aliphatic carbocycles. The Morgan fingerprint density at radius 1 is 1.47 bits per heavy atom. The van der Waals surface area contributed by atoms with E-state index in [-0.39, 0.29) is 11.5 Å². The molecule has 7 nitrogen and oxygen atoms in total. The van der Waals surface area contributed by atoms with E-state index >= 15 is 0 Å². The third-order valence-corrected chi connectivity index (χ3v) is 2.77. The SMILES string of the molecule is CC(C)c1nc(NCCc2nncn2C)cc(=O)[nH]1. The summed E-state index contributed by atoms with van der Waals surface area (Å²) in [4.78, 5) is 18.6. The Kier molecular flexibility index (Phi) is 3.94. The van der Waals surface area contributed by atoms with Gasteiger partial charge in [-0.15, -0.1) is 10.2 Å². The largest absolute Gasteiger partial charge is 0.369 e. The summed E-state index contributed by atoms with van der Waals surface area (Å²) in [5, 5.41) is 10.9. The second kappa shape index (κ2) is 5.64. The number of nitrogens with zero attached hydrogens (tertiary/aromatic N) is 4. The lowest BCUT2D eigenvalue weighted by Crippen LogP contribution is -2.16. The maximum atomic E-state index is 11.5. The van der Waals surface area contributed by atoms with Gasteiger partial charge in [0.15, 0.2) is 0 Å². The van der Waals surface area contributed by atoms with Gasteiger partial charge >= 0.3 is 0 Å². The molecule has 2 heterocycles. The molecule has 0 fully saturated rings. The Bertz CT molecular complexity index is 600. The van der Waals surface area contributed by atoms with Crippen molar-refractivity contribution in [3.05, 3.63) is 34.4 Å². The summed E-state index contributed by atoms with van der Waals surface area (Å²) in [5.74, 6) is 2.36. The van der Waals surface area contributed by atoms with E-state index in [9.17, 15) is 4.79 Å². The minimum absolute atomic E-state index is 0.139. The van der Waals surface area contributed by atoms with E-state index in [1.54, 1.807) is 6.33 Å². The number of nitrogens with one attached hydrogen (secondary N) is 2. The van der Waals surface area contributed by atoms with Crippen LogP contribution in [0.1, 0.15) is 31.4 Å². The summed E-state index contributed by atoms with van der Waals surface area (Å²) < 4.78 is 1.87. The van der Waals surface area contributed by atoms with Crippen LogP contribution in [-0.2, 0) is 13.5 Å². The van der Waals surface area contributed by atoms with Crippen LogP contribution < -0.4 is 10.9 Å². The number of hydrogen-bond donors (Lipinski definition) is 2. The van der Waals surface area contributed by atoms with Crippen molar-refractivity contribution in [3.8, 4) is 0 Å². The molecule has 0 saturated heterocycles. The highest BCUT2D eigenvalue weighted by molar-refractivity contribution is 5.33. The van der Waals surface area contributed by atoms with Crippen LogP contribution in [0.25, 0.3) is 0 Å². The third kappa shape index (κ3) is 3.40. The summed E-state index contributed by atoms with van der Waals surface area (Å²) in [7, 11) is 1.90. The van der Waals surface area contributed by atoms with Crippen LogP contribution in [0.3, 0.4) is 0 Å². The summed E-state index contributed by atoms with van der Waals surface area (Å²) in [6.45, 7) is 4.63. The number of rotatable bonds is 5. The molecule has 0 amide bonds. The minimum atomic E-state index is -0.139. The van der Waals surface area contributed by atoms with Gasteiger partial charge in [-0.25, -0.2) is 4.98 Å². The molecule has 2 N–H and O–H groups in total. The quantitative estimate of drug-likeness (QED) is 0.827. The molecule has 2 aromatic rings. The Morgan fingerprint density at radius 2 is 2.26 bits per heavy atom. The van der Waals surface area contributed by atoms with E-state index in [1.165, 1.54) is 6.07 Å². The van der Waals surface area contributed by atoms with Gasteiger partial charge in [0.2, 0.25) is 0 Å². The standard InChI is InChI=1S/C12H18N6O/c1-8(2)12-15-9(6-11(19)16-12)13-5-4-10-17-14-7-18(10)3/h6-8H,4-5H2,1-3H3,(H2,13,15,16,19). The highest BCUT2D eigenvalue weighted by Crippen LogP contribution is 2.08. The Morgan fingerprint density at radius 3 is 2.89 bits per heavy atom. The first-order valence-electron chi connectivity index (χ1n) is 6.24. The molecular formula is C12H18N6O. The van der Waals surface area contributed by atoms with Crippen molar-refractivity contribution >= 4 is 5.82 Å². The van der Waals surface area contributed by atoms with Crippen LogP contribution in [0, 0.1) is 0 Å². The summed E-state index contributed by atoms with van der Waals surface area (Å²) in [6, 6.07) is 1.46. The molecule has 0 aliphatic rings. The van der Waals surface area contributed by atoms with Crippen LogP contribution in [0.2, 0.25) is 0 Å². The normalized spacial score (nSPS) is 10.9. The molecule has 0 atom stereocenters. The monoisotopic (exact) mass is 262 g/mol. The van der Waals surface area contributed by atoms with Crippen molar-refractivity contribution in [1.82, 2.24) is 24.7 Å². The zero-order valence-corrected chi connectivity index (χ0v) is 11.3. The molecule has 0 aliphatic heterocycles. The van der Waals surface area contributed by atoms with E-state index in [4.69, 9.17) is 0 Å². The minimum Gasteiger partial charge on any atom is -0.369 e. The predicted molar refractivity (Wildman–Crippen MR) is 72.1 cm³/mol. The number of aromatic nitrogens is 5. The van der Waals surface area contributed by atoms with Crippen LogP contribution in [-0.4, -0.2) is 31.3 Å². The molecule has 0 aromatic carbocycles. The molecule has 7 heteroatoms. The average molecular weight is 262 g/mol. The summed E-state index contributed by atoms with van der Waals surface area (Å²) in [6.07, 6.45) is 2.39. The first-order valence-corrected chi connectivity index (χ1v) is 6.24. The van der Waals surface area contributed by atoms with Gasteiger partial charge in [-0.2, -0.15) is 0 Å². The Balaban J connectivity index is 2.00. The van der Waals surface area contributed by atoms with Crippen molar-refractivity contribution in [1.29, 1.82) is 0 Å². The van der Waals surface area contributed by atoms with Crippen molar-refractivity contribution < 1.29 is 0 Å². The maximum absolute atomic E-state index is 11.5. The van der Waals surface area contributed by atoms with Gasteiger partial charge in [0, 0.05) is 32.0 Å². The maximum Gasteiger partial charge on any atom is 0.252 e. The Hall–Kier alpha value is -2.18. The zero-order valence-electron chi connectivity index (χ0n) is 11.3. The first-order chi connectivity index (χ1) is 9.06. The van der Waals surface area contributed by atoms with Gasteiger partial charge in [0.1, 0.15) is 23.8 Å². The molecule has 0 unspecified atom stereocenters. The predicted octanol–water partition coefficient (Wildman–Crippen LogP) is 0.676. The smallest absolute Gasteiger partial charge is 0.252 e. The van der Waals surface area contributed by atoms with Gasteiger partial charge in [-0.3, -0.25) is 4.79 Å². The van der Waals surface area contributed by atoms with Crippen LogP contribution in [0.5, 0.6) is 0 Å². The third-order valence-electron chi connectivity index (χ3n) is 2.77. The highest BCUT2D eigenvalue weighted by atomic mass is 16.1. The van der Waals surface area contributed by atoms with Crippen molar-refractivity contribution in [3.63, 3.8) is 0 Å². The molecule has 2 aromatic heterocycles. The van der Waals surface area contributed by atoms with E-state index in [1.807, 2.05) is 25.5 Å². The second-order valence-electron chi connectivity index (χ2n) is 4.71. The summed E-state index contributed by atoms with van der Waals surface area (Å²) >= 11 is 0. The molecule has 0 radical (unpaired) electrons. The molecule has 0 bridgehead atoms. The highest BCUT2D eigenvalue weighted by Gasteiger charge is 2.05. The van der Waals surface area contributed by atoms with E-state index < -0.39 is 0 Å². The lowest BCUT2D eigenvalue weighted by molar-refractivity contribution is 0.761. The van der Waals surface area contributed by atoms with E-state index in [2.05, 4.69) is 25.5 Å². The molecule has 2 rings (SSSR count). The fourth-order valence-corrected chi connectivity index (χ4v) is 1.68. The average Bonchev–Trinajstić information content (AvgIpc) is 2.74. The van der Waals surface area contributed by atoms with Gasteiger partial charge in [-0.1, -0.05) is 13.8 Å². The second-order valence-corrected chi connectivity index (χ2v) is 4.71. The van der Waals surface area contributed by atoms with E-state index in [0.29, 0.717) is 18.2 Å². The number of aromatic amines is 1. The Labute approximate surface area is 111 Å². The topological polar surface area (TPSA) is 88.5 Å². The first kappa shape index (κ1) is 13.3. The van der Waals surface area contributed by atoms with Crippen LogP contribution in [0.15, 0.2) is 17.2 Å². The molecular weight excluding hydrogens is 244 g/mol. The van der Waals surface area contributed by atoms with E-state index in [0.717, 1.165) is 12.2 Å². The lowest BCUT2D eigenvalue weighted by Gasteiger charge is -2.08. The van der Waals surface area contributed by atoms with Gasteiger partial charge in [0.05, 0.1) is 0 Å². The van der Waals surface area contributed by atoms with Crippen molar-refractivity contribution in [2.24, 2.45) is 7.05 Å². The molecule has 0 saturated carbocycles. The van der Waals surface area contributed by atoms with Crippen molar-refractivity contribution in [2.45, 2.75) is 26.2 Å².